The molecule has 0 aliphatic carbocycles. The Kier molecular flexibility index (Phi) is 2.19. The molecule has 0 radical (unpaired) electrons. The molecule has 2 rings (SSSR count). The van der Waals surface area contributed by atoms with Gasteiger partial charge in [0.25, 0.3) is 0 Å². The third-order valence-electron chi connectivity index (χ3n) is 2.17. The molecule has 0 bridgehead atoms. The monoisotopic (exact) mass is 184 g/mol. The SMILES string of the molecule is C/C=C\n1c(=N)ccc2ccccc21. The van der Waals surface area contributed by atoms with Crippen LogP contribution < -0.4 is 5.49 Å². The van der Waals surface area contributed by atoms with Crippen LogP contribution in [0.25, 0.3) is 17.1 Å². The molecule has 2 nitrogen and oxygen atoms in total. The summed E-state index contributed by atoms with van der Waals surface area (Å²) in [7, 11) is 0. The molecule has 0 fully saturated rings. The molecule has 0 spiro atoms. The lowest BCUT2D eigenvalue weighted by Gasteiger charge is -2.05. The Morgan fingerprint density at radius 3 is 2.71 bits per heavy atom. The number of pyridine rings is 1. The van der Waals surface area contributed by atoms with Gasteiger partial charge in [0.2, 0.25) is 0 Å². The average Bonchev–Trinajstić information content (AvgIpc) is 2.23. The number of para-hydroxylation sites is 1. The highest BCUT2D eigenvalue weighted by Crippen LogP contribution is 2.10. The van der Waals surface area contributed by atoms with Gasteiger partial charge in [-0.15, -0.1) is 0 Å². The van der Waals surface area contributed by atoms with Gasteiger partial charge in [0.1, 0.15) is 5.49 Å². The predicted molar refractivity (Wildman–Crippen MR) is 58.8 cm³/mol. The first-order chi connectivity index (χ1) is 6.83. The third-order valence-corrected chi connectivity index (χ3v) is 2.17. The third kappa shape index (κ3) is 1.35. The summed E-state index contributed by atoms with van der Waals surface area (Å²) >= 11 is 0. The molecule has 2 aromatic rings. The van der Waals surface area contributed by atoms with Gasteiger partial charge < -0.3 is 4.57 Å². The molecular weight excluding hydrogens is 172 g/mol. The lowest BCUT2D eigenvalue weighted by atomic mass is 10.2. The minimum absolute atomic E-state index is 0.502. The molecule has 2 heteroatoms. The molecule has 0 aliphatic heterocycles. The van der Waals surface area contributed by atoms with Crippen LogP contribution in [0.1, 0.15) is 6.92 Å². The Labute approximate surface area is 82.6 Å². The van der Waals surface area contributed by atoms with E-state index < -0.39 is 0 Å². The van der Waals surface area contributed by atoms with Crippen LogP contribution in [0.3, 0.4) is 0 Å². The van der Waals surface area contributed by atoms with Crippen molar-refractivity contribution in [3.63, 3.8) is 0 Å². The van der Waals surface area contributed by atoms with Crippen molar-refractivity contribution in [2.24, 2.45) is 0 Å². The summed E-state index contributed by atoms with van der Waals surface area (Å²) in [6.45, 7) is 1.95. The summed E-state index contributed by atoms with van der Waals surface area (Å²) in [4.78, 5) is 0. The molecule has 1 aromatic heterocycles. The van der Waals surface area contributed by atoms with Crippen LogP contribution in [0.4, 0.5) is 0 Å². The Bertz CT molecular complexity index is 535. The second-order valence-electron chi connectivity index (χ2n) is 3.13. The molecule has 1 heterocycles. The van der Waals surface area contributed by atoms with Gasteiger partial charge in [-0.3, -0.25) is 5.41 Å². The standard InChI is InChI=1S/C12H12N2/c1-2-9-14-11-6-4-3-5-10(11)7-8-12(14)13/h2-9,13H,1H3/b9-2-,13-12?. The van der Waals surface area contributed by atoms with E-state index in [2.05, 4.69) is 6.07 Å². The highest BCUT2D eigenvalue weighted by atomic mass is 15.0. The van der Waals surface area contributed by atoms with Gasteiger partial charge in [-0.1, -0.05) is 24.3 Å². The number of benzene rings is 1. The summed E-state index contributed by atoms with van der Waals surface area (Å²) in [5.74, 6) is 0. The number of nitrogens with one attached hydrogen (secondary N) is 1. The van der Waals surface area contributed by atoms with Crippen molar-refractivity contribution in [2.75, 3.05) is 0 Å². The second-order valence-corrected chi connectivity index (χ2v) is 3.13. The van der Waals surface area contributed by atoms with Crippen molar-refractivity contribution in [3.05, 3.63) is 48.0 Å². The average molecular weight is 184 g/mol. The Hall–Kier alpha value is -1.83. The van der Waals surface area contributed by atoms with Crippen LogP contribution >= 0.6 is 0 Å². The van der Waals surface area contributed by atoms with Gasteiger partial charge in [-0.05, 0) is 30.5 Å². The van der Waals surface area contributed by atoms with Gasteiger partial charge in [-0.2, -0.15) is 0 Å². The Balaban J connectivity index is 2.89. The van der Waals surface area contributed by atoms with Crippen molar-refractivity contribution in [3.8, 4) is 0 Å². The summed E-state index contributed by atoms with van der Waals surface area (Å²) in [6.07, 6.45) is 3.84. The fraction of sp³-hybridized carbons (Fsp3) is 0.0833. The number of hydrogen-bond acceptors (Lipinski definition) is 1. The largest absolute Gasteiger partial charge is 0.302 e. The number of allylic oxidation sites excluding steroid dienone is 1. The zero-order chi connectivity index (χ0) is 9.97. The number of hydrogen-bond donors (Lipinski definition) is 1. The van der Waals surface area contributed by atoms with Gasteiger partial charge in [0.05, 0.1) is 5.52 Å². The lowest BCUT2D eigenvalue weighted by Crippen LogP contribution is -2.14. The van der Waals surface area contributed by atoms with E-state index in [0.29, 0.717) is 5.49 Å². The maximum absolute atomic E-state index is 7.77. The molecule has 0 amide bonds. The molecule has 0 saturated carbocycles. The number of aromatic nitrogens is 1. The van der Waals surface area contributed by atoms with Crippen molar-refractivity contribution in [1.82, 2.24) is 4.57 Å². The molecule has 70 valence electrons. The van der Waals surface area contributed by atoms with E-state index in [0.717, 1.165) is 10.9 Å². The van der Waals surface area contributed by atoms with Crippen molar-refractivity contribution in [1.29, 1.82) is 5.41 Å². The fourth-order valence-corrected chi connectivity index (χ4v) is 1.54. The molecule has 1 aromatic carbocycles. The normalized spacial score (nSPS) is 11.2. The first-order valence-corrected chi connectivity index (χ1v) is 4.60. The van der Waals surface area contributed by atoms with E-state index >= 15 is 0 Å². The van der Waals surface area contributed by atoms with Crippen LogP contribution in [0.5, 0.6) is 0 Å². The van der Waals surface area contributed by atoms with E-state index in [-0.39, 0.29) is 0 Å². The van der Waals surface area contributed by atoms with E-state index in [1.807, 2.05) is 54.1 Å². The maximum atomic E-state index is 7.77. The van der Waals surface area contributed by atoms with Gasteiger partial charge in [-0.25, -0.2) is 0 Å². The molecular formula is C12H12N2. The number of nitrogens with zero attached hydrogens (tertiary/aromatic N) is 1. The van der Waals surface area contributed by atoms with Crippen molar-refractivity contribution in [2.45, 2.75) is 6.92 Å². The topological polar surface area (TPSA) is 28.8 Å². The minimum Gasteiger partial charge on any atom is -0.302 e. The van der Waals surface area contributed by atoms with Gasteiger partial charge in [0.15, 0.2) is 0 Å². The van der Waals surface area contributed by atoms with Gasteiger partial charge in [0, 0.05) is 6.20 Å². The number of fused-ring (bicyclic) bond motifs is 1. The first kappa shape index (κ1) is 8.75. The smallest absolute Gasteiger partial charge is 0.129 e. The van der Waals surface area contributed by atoms with Gasteiger partial charge >= 0.3 is 0 Å². The molecule has 0 unspecified atom stereocenters. The molecule has 0 aliphatic rings. The fourth-order valence-electron chi connectivity index (χ4n) is 1.54. The summed E-state index contributed by atoms with van der Waals surface area (Å²) in [6, 6.07) is 11.8. The minimum atomic E-state index is 0.502. The quantitative estimate of drug-likeness (QED) is 0.706. The molecule has 1 N–H and O–H groups in total. The van der Waals surface area contributed by atoms with Crippen LogP contribution in [-0.2, 0) is 0 Å². The Morgan fingerprint density at radius 1 is 1.14 bits per heavy atom. The van der Waals surface area contributed by atoms with Crippen LogP contribution in [0.2, 0.25) is 0 Å². The highest BCUT2D eigenvalue weighted by molar-refractivity contribution is 5.80. The van der Waals surface area contributed by atoms with E-state index in [9.17, 15) is 0 Å². The van der Waals surface area contributed by atoms with Crippen LogP contribution in [0, 0.1) is 5.41 Å². The predicted octanol–water partition coefficient (Wildman–Crippen LogP) is 2.61. The summed E-state index contributed by atoms with van der Waals surface area (Å²) < 4.78 is 1.87. The first-order valence-electron chi connectivity index (χ1n) is 4.60. The second kappa shape index (κ2) is 3.50. The highest BCUT2D eigenvalue weighted by Gasteiger charge is 1.95. The molecule has 0 saturated heterocycles. The van der Waals surface area contributed by atoms with E-state index in [1.54, 1.807) is 0 Å². The van der Waals surface area contributed by atoms with Crippen LogP contribution in [0.15, 0.2) is 42.5 Å². The molecule has 14 heavy (non-hydrogen) atoms. The summed E-state index contributed by atoms with van der Waals surface area (Å²) in [5, 5.41) is 8.92. The summed E-state index contributed by atoms with van der Waals surface area (Å²) in [5.41, 5.74) is 1.57. The Morgan fingerprint density at radius 2 is 1.93 bits per heavy atom. The van der Waals surface area contributed by atoms with Crippen LogP contribution in [-0.4, -0.2) is 4.57 Å². The maximum Gasteiger partial charge on any atom is 0.129 e. The zero-order valence-corrected chi connectivity index (χ0v) is 8.07. The van der Waals surface area contributed by atoms with Crippen molar-refractivity contribution < 1.29 is 0 Å². The van der Waals surface area contributed by atoms with E-state index in [1.165, 1.54) is 0 Å². The van der Waals surface area contributed by atoms with E-state index in [4.69, 9.17) is 5.41 Å². The van der Waals surface area contributed by atoms with Crippen molar-refractivity contribution >= 4 is 17.1 Å². The zero-order valence-electron chi connectivity index (χ0n) is 8.07. The molecule has 0 atom stereocenters. The lowest BCUT2D eigenvalue weighted by molar-refractivity contribution is 1.02. The number of rotatable bonds is 1.